The molecule has 0 spiro atoms. The molecule has 1 aromatic carbocycles. The second-order valence-corrected chi connectivity index (χ2v) is 7.75. The Morgan fingerprint density at radius 3 is 2.60 bits per heavy atom. The van der Waals surface area contributed by atoms with Gasteiger partial charge in [-0.15, -0.1) is 10.2 Å². The molecular formula is C20H23N5O4S. The van der Waals surface area contributed by atoms with E-state index in [1.165, 1.54) is 11.8 Å². The van der Waals surface area contributed by atoms with Crippen LogP contribution in [-0.4, -0.2) is 39.6 Å². The summed E-state index contributed by atoms with van der Waals surface area (Å²) in [6.07, 6.45) is 1.57. The second-order valence-electron chi connectivity index (χ2n) is 6.81. The SMILES string of the molecule is COc1ccc(NC(=O)NC(=O)CSc2nnc(-c3ccco3)n2CC(C)C)cc1. The molecule has 0 saturated heterocycles. The van der Waals surface area contributed by atoms with Crippen molar-refractivity contribution in [3.8, 4) is 17.3 Å². The monoisotopic (exact) mass is 429 g/mol. The fourth-order valence-corrected chi connectivity index (χ4v) is 3.39. The molecule has 9 nitrogen and oxygen atoms in total. The van der Waals surface area contributed by atoms with Gasteiger partial charge in [-0.1, -0.05) is 25.6 Å². The number of methoxy groups -OCH3 is 1. The number of imide groups is 1. The van der Waals surface area contributed by atoms with Gasteiger partial charge in [0.1, 0.15) is 5.75 Å². The first-order valence-corrected chi connectivity index (χ1v) is 10.3. The van der Waals surface area contributed by atoms with E-state index in [1.807, 2.05) is 10.6 Å². The predicted octanol–water partition coefficient (Wildman–Crippen LogP) is 3.64. The first kappa shape index (κ1) is 21.4. The maximum absolute atomic E-state index is 12.2. The molecular weight excluding hydrogens is 406 g/mol. The van der Waals surface area contributed by atoms with Crippen LogP contribution in [0.3, 0.4) is 0 Å². The van der Waals surface area contributed by atoms with E-state index < -0.39 is 11.9 Å². The molecule has 2 N–H and O–H groups in total. The molecule has 2 aromatic heterocycles. The average Bonchev–Trinajstić information content (AvgIpc) is 3.36. The number of thioether (sulfide) groups is 1. The molecule has 0 aliphatic heterocycles. The zero-order chi connectivity index (χ0) is 21.5. The highest BCUT2D eigenvalue weighted by atomic mass is 32.2. The van der Waals surface area contributed by atoms with Crippen LogP contribution in [-0.2, 0) is 11.3 Å². The lowest BCUT2D eigenvalue weighted by Gasteiger charge is -2.11. The Hall–Kier alpha value is -3.27. The molecule has 3 amide bonds. The lowest BCUT2D eigenvalue weighted by Crippen LogP contribution is -2.35. The summed E-state index contributed by atoms with van der Waals surface area (Å²) in [6, 6.07) is 9.78. The quantitative estimate of drug-likeness (QED) is 0.526. The van der Waals surface area contributed by atoms with Crippen LogP contribution in [0.1, 0.15) is 13.8 Å². The van der Waals surface area contributed by atoms with Crippen LogP contribution in [0, 0.1) is 5.92 Å². The number of carbonyl (C=O) groups is 2. The van der Waals surface area contributed by atoms with Crippen LogP contribution in [0.2, 0.25) is 0 Å². The first-order chi connectivity index (χ1) is 14.5. The summed E-state index contributed by atoms with van der Waals surface area (Å²) in [5.74, 6) is 1.81. The number of benzene rings is 1. The van der Waals surface area contributed by atoms with Gasteiger partial charge in [-0.2, -0.15) is 0 Å². The van der Waals surface area contributed by atoms with Crippen LogP contribution in [0.25, 0.3) is 11.6 Å². The van der Waals surface area contributed by atoms with Crippen molar-refractivity contribution < 1.29 is 18.7 Å². The number of ether oxygens (including phenoxy) is 1. The number of nitrogens with zero attached hydrogens (tertiary/aromatic N) is 3. The standard InChI is InChI=1S/C20H23N5O4S/c1-13(2)11-25-18(16-5-4-10-29-16)23-24-20(25)30-12-17(26)22-19(27)21-14-6-8-15(28-3)9-7-14/h4-10,13H,11-12H2,1-3H3,(H2,21,22,26,27). The summed E-state index contributed by atoms with van der Waals surface area (Å²) in [5.41, 5.74) is 0.550. The lowest BCUT2D eigenvalue weighted by molar-refractivity contribution is -0.117. The smallest absolute Gasteiger partial charge is 0.325 e. The fourth-order valence-electron chi connectivity index (χ4n) is 2.64. The van der Waals surface area contributed by atoms with Gasteiger partial charge in [0, 0.05) is 12.2 Å². The van der Waals surface area contributed by atoms with Gasteiger partial charge in [0.05, 0.1) is 19.1 Å². The topological polar surface area (TPSA) is 111 Å². The third-order valence-corrected chi connectivity index (χ3v) is 4.91. The molecule has 0 fully saturated rings. The molecule has 0 aliphatic rings. The van der Waals surface area contributed by atoms with Gasteiger partial charge in [-0.05, 0) is 42.3 Å². The van der Waals surface area contributed by atoms with Crippen molar-refractivity contribution in [2.24, 2.45) is 5.92 Å². The Labute approximate surface area is 178 Å². The number of furan rings is 1. The Morgan fingerprint density at radius 2 is 1.97 bits per heavy atom. The van der Waals surface area contributed by atoms with Crippen LogP contribution >= 0.6 is 11.8 Å². The van der Waals surface area contributed by atoms with Crippen LogP contribution in [0.4, 0.5) is 10.5 Å². The van der Waals surface area contributed by atoms with Crippen molar-refractivity contribution in [2.75, 3.05) is 18.2 Å². The van der Waals surface area contributed by atoms with E-state index in [-0.39, 0.29) is 5.75 Å². The van der Waals surface area contributed by atoms with Crippen LogP contribution < -0.4 is 15.4 Å². The molecule has 0 bridgehead atoms. The van der Waals surface area contributed by atoms with E-state index in [4.69, 9.17) is 9.15 Å². The molecule has 10 heteroatoms. The maximum Gasteiger partial charge on any atom is 0.325 e. The third kappa shape index (κ3) is 5.63. The normalized spacial score (nSPS) is 10.8. The van der Waals surface area contributed by atoms with Gasteiger partial charge in [0.15, 0.2) is 16.7 Å². The molecule has 158 valence electrons. The van der Waals surface area contributed by atoms with Gasteiger partial charge < -0.3 is 14.5 Å². The highest BCUT2D eigenvalue weighted by Gasteiger charge is 2.18. The third-order valence-electron chi connectivity index (χ3n) is 3.94. The Kier molecular flexibility index (Phi) is 7.12. The molecule has 3 aromatic rings. The lowest BCUT2D eigenvalue weighted by atomic mass is 10.2. The molecule has 30 heavy (non-hydrogen) atoms. The van der Waals surface area contributed by atoms with Crippen molar-refractivity contribution in [2.45, 2.75) is 25.5 Å². The number of hydrogen-bond acceptors (Lipinski definition) is 7. The molecule has 3 rings (SSSR count). The van der Waals surface area contributed by atoms with Crippen LogP contribution in [0.5, 0.6) is 5.75 Å². The van der Waals surface area contributed by atoms with E-state index in [2.05, 4.69) is 34.7 Å². The summed E-state index contributed by atoms with van der Waals surface area (Å²) in [6.45, 7) is 4.83. The molecule has 0 radical (unpaired) electrons. The zero-order valence-electron chi connectivity index (χ0n) is 16.9. The number of hydrogen-bond donors (Lipinski definition) is 2. The number of carbonyl (C=O) groups excluding carboxylic acids is 2. The summed E-state index contributed by atoms with van der Waals surface area (Å²) < 4.78 is 12.4. The van der Waals surface area contributed by atoms with E-state index in [9.17, 15) is 9.59 Å². The molecule has 0 aliphatic carbocycles. The number of aromatic nitrogens is 3. The van der Waals surface area contributed by atoms with Gasteiger partial charge in [-0.25, -0.2) is 4.79 Å². The van der Waals surface area contributed by atoms with Gasteiger partial charge in [0.25, 0.3) is 0 Å². The summed E-state index contributed by atoms with van der Waals surface area (Å²) in [7, 11) is 1.56. The molecule has 0 unspecified atom stereocenters. The Balaban J connectivity index is 1.58. The second kappa shape index (κ2) is 9.97. The fraction of sp³-hybridized carbons (Fsp3) is 0.300. The summed E-state index contributed by atoms with van der Waals surface area (Å²) >= 11 is 1.21. The van der Waals surface area contributed by atoms with Crippen molar-refractivity contribution in [3.05, 3.63) is 42.7 Å². The maximum atomic E-state index is 12.2. The molecule has 2 heterocycles. The number of amides is 3. The highest BCUT2D eigenvalue weighted by molar-refractivity contribution is 7.99. The van der Waals surface area contributed by atoms with Crippen molar-refractivity contribution >= 4 is 29.4 Å². The molecule has 0 atom stereocenters. The highest BCUT2D eigenvalue weighted by Crippen LogP contribution is 2.25. The summed E-state index contributed by atoms with van der Waals surface area (Å²) in [5, 5.41) is 13.9. The van der Waals surface area contributed by atoms with Crippen molar-refractivity contribution in [1.82, 2.24) is 20.1 Å². The number of nitrogens with one attached hydrogen (secondary N) is 2. The van der Waals surface area contributed by atoms with E-state index in [0.717, 1.165) is 0 Å². The van der Waals surface area contributed by atoms with Gasteiger partial charge in [-0.3, -0.25) is 14.7 Å². The van der Waals surface area contributed by atoms with E-state index >= 15 is 0 Å². The zero-order valence-corrected chi connectivity index (χ0v) is 17.7. The largest absolute Gasteiger partial charge is 0.497 e. The van der Waals surface area contributed by atoms with E-state index in [1.54, 1.807) is 43.7 Å². The number of anilines is 1. The minimum Gasteiger partial charge on any atom is -0.497 e. The Morgan fingerprint density at radius 1 is 1.20 bits per heavy atom. The predicted molar refractivity (Wildman–Crippen MR) is 113 cm³/mol. The Bertz CT molecular complexity index is 983. The minimum atomic E-state index is -0.606. The van der Waals surface area contributed by atoms with Crippen LogP contribution in [0.15, 0.2) is 52.2 Å². The van der Waals surface area contributed by atoms with Crippen molar-refractivity contribution in [3.63, 3.8) is 0 Å². The number of urea groups is 1. The van der Waals surface area contributed by atoms with Crippen molar-refractivity contribution in [1.29, 1.82) is 0 Å². The molecule has 0 saturated carbocycles. The van der Waals surface area contributed by atoms with Gasteiger partial charge in [0.2, 0.25) is 5.91 Å². The van der Waals surface area contributed by atoms with E-state index in [0.29, 0.717) is 40.6 Å². The average molecular weight is 430 g/mol. The van der Waals surface area contributed by atoms with Gasteiger partial charge >= 0.3 is 6.03 Å². The first-order valence-electron chi connectivity index (χ1n) is 9.31. The summed E-state index contributed by atoms with van der Waals surface area (Å²) in [4.78, 5) is 24.2. The number of rotatable bonds is 8. The minimum absolute atomic E-state index is 0.0183.